The monoisotopic (exact) mass is 317 g/mol. The second-order valence-corrected chi connectivity index (χ2v) is 6.62. The Morgan fingerprint density at radius 2 is 1.57 bits per heavy atom. The Hall–Kier alpha value is -1.71. The topological polar surface area (TPSA) is 38.8 Å². The van der Waals surface area contributed by atoms with Crippen molar-refractivity contribution in [1.29, 1.82) is 0 Å². The van der Waals surface area contributed by atoms with Crippen molar-refractivity contribution in [3.63, 3.8) is 0 Å². The van der Waals surface area contributed by atoms with Gasteiger partial charge in [-0.2, -0.15) is 0 Å². The summed E-state index contributed by atoms with van der Waals surface area (Å²) in [4.78, 5) is 15.0. The molecule has 1 amide bonds. The highest BCUT2D eigenvalue weighted by molar-refractivity contribution is 5.95. The summed E-state index contributed by atoms with van der Waals surface area (Å²) in [5, 5.41) is 0. The van der Waals surface area contributed by atoms with Crippen LogP contribution < -0.4 is 9.47 Å². The van der Waals surface area contributed by atoms with Crippen LogP contribution in [0.3, 0.4) is 0 Å². The summed E-state index contributed by atoms with van der Waals surface area (Å²) in [6.07, 6.45) is 5.06. The number of carbonyl (C=O) groups excluding carboxylic acids is 1. The fraction of sp³-hybridized carbons (Fsp3) is 0.632. The molecule has 0 spiro atoms. The van der Waals surface area contributed by atoms with Crippen LogP contribution in [0.25, 0.3) is 0 Å². The lowest BCUT2D eigenvalue weighted by Crippen LogP contribution is -2.34. The first kappa shape index (κ1) is 16.2. The van der Waals surface area contributed by atoms with Crippen LogP contribution in [0.5, 0.6) is 11.5 Å². The molecule has 1 aromatic rings. The molecule has 0 atom stereocenters. The van der Waals surface area contributed by atoms with Crippen LogP contribution in [-0.2, 0) is 0 Å². The molecule has 2 aliphatic carbocycles. The van der Waals surface area contributed by atoms with E-state index in [1.165, 1.54) is 25.7 Å². The molecule has 0 heterocycles. The van der Waals surface area contributed by atoms with Gasteiger partial charge in [0.1, 0.15) is 0 Å². The molecule has 2 aliphatic rings. The van der Waals surface area contributed by atoms with Gasteiger partial charge in [0.05, 0.1) is 13.2 Å². The van der Waals surface area contributed by atoms with E-state index in [1.807, 2.05) is 32.0 Å². The van der Waals surface area contributed by atoms with E-state index in [2.05, 4.69) is 4.90 Å². The van der Waals surface area contributed by atoms with E-state index >= 15 is 0 Å². The second-order valence-electron chi connectivity index (χ2n) is 6.62. The first-order chi connectivity index (χ1) is 11.2. The average Bonchev–Trinajstić information content (AvgIpc) is 3.44. The Balaban J connectivity index is 1.76. The highest BCUT2D eigenvalue weighted by Crippen LogP contribution is 2.35. The minimum Gasteiger partial charge on any atom is -0.490 e. The van der Waals surface area contributed by atoms with E-state index in [1.54, 1.807) is 0 Å². The number of ether oxygens (including phenoxy) is 2. The molecular formula is C19H27NO3. The zero-order valence-electron chi connectivity index (χ0n) is 14.2. The molecule has 0 unspecified atom stereocenters. The maximum atomic E-state index is 12.9. The zero-order valence-corrected chi connectivity index (χ0v) is 14.2. The van der Waals surface area contributed by atoms with Crippen molar-refractivity contribution in [1.82, 2.24) is 4.90 Å². The van der Waals surface area contributed by atoms with E-state index in [-0.39, 0.29) is 5.91 Å². The molecule has 0 aliphatic heterocycles. The molecular weight excluding hydrogens is 290 g/mol. The van der Waals surface area contributed by atoms with Gasteiger partial charge in [-0.05, 0) is 69.6 Å². The van der Waals surface area contributed by atoms with E-state index in [9.17, 15) is 4.79 Å². The normalized spacial score (nSPS) is 17.0. The van der Waals surface area contributed by atoms with Gasteiger partial charge in [-0.25, -0.2) is 0 Å². The summed E-state index contributed by atoms with van der Waals surface area (Å²) in [5.74, 6) is 2.94. The summed E-state index contributed by atoms with van der Waals surface area (Å²) in [6, 6.07) is 5.56. The van der Waals surface area contributed by atoms with Crippen molar-refractivity contribution in [2.75, 3.05) is 26.3 Å². The molecule has 0 bridgehead atoms. The third kappa shape index (κ3) is 4.40. The largest absolute Gasteiger partial charge is 0.490 e. The van der Waals surface area contributed by atoms with Crippen LogP contribution in [0.2, 0.25) is 0 Å². The molecule has 23 heavy (non-hydrogen) atoms. The molecule has 0 radical (unpaired) electrons. The number of hydrogen-bond acceptors (Lipinski definition) is 3. The number of hydrogen-bond donors (Lipinski definition) is 0. The van der Waals surface area contributed by atoms with Crippen molar-refractivity contribution in [3.8, 4) is 11.5 Å². The maximum Gasteiger partial charge on any atom is 0.254 e. The quantitative estimate of drug-likeness (QED) is 0.696. The summed E-state index contributed by atoms with van der Waals surface area (Å²) in [7, 11) is 0. The lowest BCUT2D eigenvalue weighted by atomic mass is 10.1. The molecule has 0 N–H and O–H groups in total. The molecule has 0 saturated heterocycles. The number of nitrogens with zero attached hydrogens (tertiary/aromatic N) is 1. The Labute approximate surface area is 138 Å². The summed E-state index contributed by atoms with van der Waals surface area (Å²) < 4.78 is 11.2. The van der Waals surface area contributed by atoms with Crippen molar-refractivity contribution in [3.05, 3.63) is 23.8 Å². The Morgan fingerprint density at radius 3 is 2.09 bits per heavy atom. The minimum atomic E-state index is 0.132. The number of carbonyl (C=O) groups is 1. The first-order valence-corrected chi connectivity index (χ1v) is 8.90. The molecule has 126 valence electrons. The molecule has 1 aromatic carbocycles. The van der Waals surface area contributed by atoms with Gasteiger partial charge < -0.3 is 14.4 Å². The van der Waals surface area contributed by atoms with E-state index < -0.39 is 0 Å². The smallest absolute Gasteiger partial charge is 0.254 e. The first-order valence-electron chi connectivity index (χ1n) is 8.90. The van der Waals surface area contributed by atoms with Crippen LogP contribution >= 0.6 is 0 Å². The van der Waals surface area contributed by atoms with Gasteiger partial charge in [0, 0.05) is 18.7 Å². The molecule has 3 rings (SSSR count). The predicted molar refractivity (Wildman–Crippen MR) is 90.1 cm³/mol. The SMILES string of the molecule is CCOc1ccc(C(=O)N(CC2CC2)CC2CC2)cc1OCC. The summed E-state index contributed by atoms with van der Waals surface area (Å²) in [5.41, 5.74) is 0.707. The highest BCUT2D eigenvalue weighted by atomic mass is 16.5. The van der Waals surface area contributed by atoms with Crippen LogP contribution in [0.15, 0.2) is 18.2 Å². The van der Waals surface area contributed by atoms with Crippen LogP contribution in [0, 0.1) is 11.8 Å². The second kappa shape index (κ2) is 7.24. The standard InChI is InChI=1S/C19H27NO3/c1-3-22-17-10-9-16(11-18(17)23-4-2)19(21)20(12-14-5-6-14)13-15-7-8-15/h9-11,14-15H,3-8,12-13H2,1-2H3. The zero-order chi connectivity index (χ0) is 16.2. The van der Waals surface area contributed by atoms with E-state index in [0.717, 1.165) is 13.1 Å². The number of rotatable bonds is 9. The van der Waals surface area contributed by atoms with Crippen LogP contribution in [0.1, 0.15) is 49.9 Å². The molecule has 0 aromatic heterocycles. The maximum absolute atomic E-state index is 12.9. The average molecular weight is 317 g/mol. The summed E-state index contributed by atoms with van der Waals surface area (Å²) in [6.45, 7) is 6.85. The van der Waals surface area contributed by atoms with Crippen LogP contribution in [-0.4, -0.2) is 37.1 Å². The molecule has 4 nitrogen and oxygen atoms in total. The van der Waals surface area contributed by atoms with Crippen molar-refractivity contribution in [2.45, 2.75) is 39.5 Å². The highest BCUT2D eigenvalue weighted by Gasteiger charge is 2.32. The minimum absolute atomic E-state index is 0.132. The summed E-state index contributed by atoms with van der Waals surface area (Å²) >= 11 is 0. The van der Waals surface area contributed by atoms with Crippen molar-refractivity contribution in [2.24, 2.45) is 11.8 Å². The Morgan fingerprint density at radius 1 is 1.00 bits per heavy atom. The van der Waals surface area contributed by atoms with Gasteiger partial charge >= 0.3 is 0 Å². The Kier molecular flexibility index (Phi) is 5.09. The predicted octanol–water partition coefficient (Wildman–Crippen LogP) is 3.75. The lowest BCUT2D eigenvalue weighted by Gasteiger charge is -2.23. The molecule has 2 fully saturated rings. The van der Waals surface area contributed by atoms with E-state index in [0.29, 0.717) is 42.1 Å². The number of benzene rings is 1. The fourth-order valence-corrected chi connectivity index (χ4v) is 2.83. The van der Waals surface area contributed by atoms with Gasteiger partial charge in [-0.1, -0.05) is 0 Å². The van der Waals surface area contributed by atoms with Gasteiger partial charge in [0.15, 0.2) is 11.5 Å². The van der Waals surface area contributed by atoms with Gasteiger partial charge in [0.25, 0.3) is 5.91 Å². The lowest BCUT2D eigenvalue weighted by molar-refractivity contribution is 0.0739. The Bertz CT molecular complexity index is 536. The molecule has 2 saturated carbocycles. The third-order valence-corrected chi connectivity index (χ3v) is 4.43. The van der Waals surface area contributed by atoms with Crippen LogP contribution in [0.4, 0.5) is 0 Å². The van der Waals surface area contributed by atoms with E-state index in [4.69, 9.17) is 9.47 Å². The van der Waals surface area contributed by atoms with Crippen molar-refractivity contribution < 1.29 is 14.3 Å². The van der Waals surface area contributed by atoms with Gasteiger partial charge in [-0.15, -0.1) is 0 Å². The molecule has 4 heteroatoms. The van der Waals surface area contributed by atoms with Gasteiger partial charge in [-0.3, -0.25) is 4.79 Å². The van der Waals surface area contributed by atoms with Crippen molar-refractivity contribution >= 4 is 5.91 Å². The van der Waals surface area contributed by atoms with Gasteiger partial charge in [0.2, 0.25) is 0 Å². The number of amides is 1. The third-order valence-electron chi connectivity index (χ3n) is 4.43. The fourth-order valence-electron chi connectivity index (χ4n) is 2.83.